The third kappa shape index (κ3) is 6.41. The third-order valence-electron chi connectivity index (χ3n) is 6.17. The van der Waals surface area contributed by atoms with Crippen LogP contribution in [-0.2, 0) is 29.1 Å². The molecule has 2 aromatic rings. The fourth-order valence-electron chi connectivity index (χ4n) is 4.28. The molecule has 2 saturated heterocycles. The van der Waals surface area contributed by atoms with Crippen molar-refractivity contribution in [2.75, 3.05) is 39.4 Å². The monoisotopic (exact) mass is 587 g/mol. The number of hydrogen-bond acceptors (Lipinski definition) is 8. The van der Waals surface area contributed by atoms with Crippen molar-refractivity contribution >= 4 is 68.2 Å². The molecule has 0 spiro atoms. The van der Waals surface area contributed by atoms with Crippen LogP contribution >= 0.6 is 34.3 Å². The van der Waals surface area contributed by atoms with Crippen LogP contribution in [0.1, 0.15) is 18.2 Å². The van der Waals surface area contributed by atoms with Crippen molar-refractivity contribution in [3.8, 4) is 9.75 Å². The predicted octanol–water partition coefficient (Wildman–Crippen LogP) is 2.67. The maximum Gasteiger partial charge on any atom is 0.318 e. The van der Waals surface area contributed by atoms with Gasteiger partial charge in [-0.1, -0.05) is 11.6 Å². The van der Waals surface area contributed by atoms with Gasteiger partial charge < -0.3 is 19.6 Å². The van der Waals surface area contributed by atoms with Crippen molar-refractivity contribution in [1.82, 2.24) is 14.1 Å². The number of thiophene rings is 2. The van der Waals surface area contributed by atoms with E-state index in [1.165, 1.54) is 33.6 Å². The molecule has 2 amide bonds. The van der Waals surface area contributed by atoms with Crippen LogP contribution in [0, 0.1) is 0 Å². The third-order valence-corrected chi connectivity index (χ3v) is 10.2. The van der Waals surface area contributed by atoms with E-state index in [1.807, 2.05) is 12.1 Å². The highest BCUT2D eigenvalue weighted by Crippen LogP contribution is 2.36. The zero-order valence-electron chi connectivity index (χ0n) is 19.9. The number of halogens is 1. The molecule has 2 aliphatic heterocycles. The molecular weight excluding hydrogens is 562 g/mol. The van der Waals surface area contributed by atoms with E-state index in [4.69, 9.17) is 16.3 Å². The molecule has 2 fully saturated rings. The molecule has 0 radical (unpaired) electrons. The van der Waals surface area contributed by atoms with Crippen LogP contribution < -0.4 is 0 Å². The first-order valence-electron chi connectivity index (χ1n) is 11.5. The molecule has 4 heterocycles. The molecule has 2 atom stereocenters. The summed E-state index contributed by atoms with van der Waals surface area (Å²) in [7, 11) is -4.27. The van der Waals surface area contributed by atoms with E-state index in [2.05, 4.69) is 0 Å². The molecule has 2 aliphatic rings. The fraction of sp³-hybridized carbons (Fsp3) is 0.435. The lowest BCUT2D eigenvalue weighted by atomic mass is 10.2. The van der Waals surface area contributed by atoms with Gasteiger partial charge in [-0.05, 0) is 43.7 Å². The van der Waals surface area contributed by atoms with E-state index in [0.29, 0.717) is 39.8 Å². The van der Waals surface area contributed by atoms with Gasteiger partial charge in [0.15, 0.2) is 0 Å². The summed E-state index contributed by atoms with van der Waals surface area (Å²) in [5.74, 6) is -2.21. The van der Waals surface area contributed by atoms with Gasteiger partial charge in [-0.15, -0.1) is 22.7 Å². The second-order valence-electron chi connectivity index (χ2n) is 8.54. The summed E-state index contributed by atoms with van der Waals surface area (Å²) in [6.45, 7) is 2.55. The van der Waals surface area contributed by atoms with E-state index in [9.17, 15) is 27.9 Å². The number of hydrogen-bond donors (Lipinski definition) is 1. The van der Waals surface area contributed by atoms with Crippen LogP contribution in [0.2, 0.25) is 4.34 Å². The number of likely N-dealkylation sites (tertiary alicyclic amines) is 1. The Kier molecular flexibility index (Phi) is 8.71. The maximum absolute atomic E-state index is 13.2. The number of aliphatic carboxylic acids is 1. The minimum Gasteiger partial charge on any atom is -0.480 e. The number of carboxylic acid groups (broad SMARTS) is 1. The van der Waals surface area contributed by atoms with E-state index >= 15 is 0 Å². The Bertz CT molecular complexity index is 1300. The van der Waals surface area contributed by atoms with Gasteiger partial charge in [0.2, 0.25) is 21.8 Å². The molecule has 0 saturated carbocycles. The number of sulfonamides is 1. The van der Waals surface area contributed by atoms with Crippen LogP contribution in [-0.4, -0.2) is 96.9 Å². The van der Waals surface area contributed by atoms with Crippen LogP contribution in [0.5, 0.6) is 0 Å². The summed E-state index contributed by atoms with van der Waals surface area (Å²) in [4.78, 5) is 43.1. The van der Waals surface area contributed by atoms with Gasteiger partial charge in [-0.3, -0.25) is 14.4 Å². The first kappa shape index (κ1) is 27.7. The van der Waals surface area contributed by atoms with Crippen molar-refractivity contribution in [2.45, 2.75) is 25.4 Å². The van der Waals surface area contributed by atoms with E-state index < -0.39 is 40.5 Å². The lowest BCUT2D eigenvalue weighted by Gasteiger charge is -2.33. The van der Waals surface area contributed by atoms with Crippen LogP contribution in [0.4, 0.5) is 0 Å². The molecule has 10 nitrogen and oxygen atoms in total. The van der Waals surface area contributed by atoms with Crippen molar-refractivity contribution < 1.29 is 32.6 Å². The normalized spacial score (nSPS) is 19.8. The molecule has 200 valence electrons. The number of ether oxygens (including phenoxy) is 1. The zero-order valence-corrected chi connectivity index (χ0v) is 23.1. The highest BCUT2D eigenvalue weighted by atomic mass is 35.5. The molecule has 37 heavy (non-hydrogen) atoms. The largest absolute Gasteiger partial charge is 0.480 e. The summed E-state index contributed by atoms with van der Waals surface area (Å²) < 4.78 is 33.0. The fourth-order valence-corrected chi connectivity index (χ4v) is 7.73. The molecule has 0 aromatic carbocycles. The molecule has 2 aromatic heterocycles. The van der Waals surface area contributed by atoms with Crippen molar-refractivity contribution in [3.05, 3.63) is 38.9 Å². The molecule has 0 unspecified atom stereocenters. The minimum absolute atomic E-state index is 0.0855. The van der Waals surface area contributed by atoms with Crippen LogP contribution in [0.15, 0.2) is 29.7 Å². The van der Waals surface area contributed by atoms with Gasteiger partial charge in [-0.25, -0.2) is 8.42 Å². The van der Waals surface area contributed by atoms with Crippen LogP contribution in [0.25, 0.3) is 15.8 Å². The Hall–Kier alpha value is -2.29. The van der Waals surface area contributed by atoms with Gasteiger partial charge in [0, 0.05) is 39.7 Å². The lowest BCUT2D eigenvalue weighted by molar-refractivity contribution is -0.147. The first-order chi connectivity index (χ1) is 17.6. The summed E-state index contributed by atoms with van der Waals surface area (Å²) >= 11 is 8.76. The number of carboxylic acids is 1. The summed E-state index contributed by atoms with van der Waals surface area (Å²) in [6.07, 6.45) is 1.47. The highest BCUT2D eigenvalue weighted by Gasteiger charge is 2.44. The number of amides is 2. The number of carbonyl (C=O) groups is 3. The minimum atomic E-state index is -4.27. The maximum atomic E-state index is 13.2. The number of morpholine rings is 1. The molecule has 1 N–H and O–H groups in total. The Labute approximate surface area is 227 Å². The average Bonchev–Trinajstić information content (AvgIpc) is 3.61. The van der Waals surface area contributed by atoms with Crippen molar-refractivity contribution in [1.29, 1.82) is 0 Å². The average molecular weight is 588 g/mol. The van der Waals surface area contributed by atoms with Crippen LogP contribution in [0.3, 0.4) is 0 Å². The molecule has 0 aliphatic carbocycles. The number of rotatable bonds is 9. The summed E-state index contributed by atoms with van der Waals surface area (Å²) in [5.41, 5.74) is 0. The van der Waals surface area contributed by atoms with E-state index in [0.717, 1.165) is 15.2 Å². The first-order valence-corrected chi connectivity index (χ1v) is 15.0. The van der Waals surface area contributed by atoms with Crippen molar-refractivity contribution in [3.63, 3.8) is 0 Å². The number of carbonyl (C=O) groups excluding carboxylic acids is 2. The zero-order chi connectivity index (χ0) is 26.7. The predicted molar refractivity (Wildman–Crippen MR) is 142 cm³/mol. The van der Waals surface area contributed by atoms with Gasteiger partial charge in [0.1, 0.15) is 18.6 Å². The smallest absolute Gasteiger partial charge is 0.318 e. The van der Waals surface area contributed by atoms with E-state index in [1.54, 1.807) is 24.0 Å². The molecule has 4 rings (SSSR count). The Morgan fingerprint density at radius 2 is 1.86 bits per heavy atom. The van der Waals surface area contributed by atoms with Gasteiger partial charge in [0.25, 0.3) is 0 Å². The molecule has 0 bridgehead atoms. The Balaban J connectivity index is 1.50. The van der Waals surface area contributed by atoms with Gasteiger partial charge >= 0.3 is 5.97 Å². The topological polar surface area (TPSA) is 125 Å². The second kappa shape index (κ2) is 11.6. The molecule has 14 heteroatoms. The highest BCUT2D eigenvalue weighted by molar-refractivity contribution is 7.92. The summed E-state index contributed by atoms with van der Waals surface area (Å²) in [6, 6.07) is 5.25. The molecular formula is C23H26ClN3O7S3. The standard InChI is InChI=1S/C23H26ClN3O7S3/c1-15(22(30)25-9-11-34-12-10-25)26-8-6-17(23(26)31)27(14-21(28)29)37(32,33)13-7-16-2-3-18(35-16)19-4-5-20(24)36-19/h2-5,7,13,15,17H,6,8-12,14H2,1H3,(H,28,29)/b13-7+/t15-,17-/m0/s1. The van der Waals surface area contributed by atoms with E-state index in [-0.39, 0.29) is 18.9 Å². The van der Waals surface area contributed by atoms with Gasteiger partial charge in [-0.2, -0.15) is 4.31 Å². The lowest BCUT2D eigenvalue weighted by Crippen LogP contribution is -2.53. The Morgan fingerprint density at radius 1 is 1.19 bits per heavy atom. The SMILES string of the molecule is C[C@@H](C(=O)N1CCOCC1)N1CC[C@H](N(CC(=O)O)S(=O)(=O)/C=C/c2ccc(-c3ccc(Cl)s3)s2)C1=O. The Morgan fingerprint density at radius 3 is 2.51 bits per heavy atom. The van der Waals surface area contributed by atoms with Gasteiger partial charge in [0.05, 0.1) is 17.6 Å². The van der Waals surface area contributed by atoms with Crippen molar-refractivity contribution in [2.24, 2.45) is 0 Å². The number of nitrogens with zero attached hydrogens (tertiary/aromatic N) is 3. The quantitative estimate of drug-likeness (QED) is 0.478. The second-order valence-corrected chi connectivity index (χ2v) is 13.1. The summed E-state index contributed by atoms with van der Waals surface area (Å²) in [5, 5.41) is 10.3.